The molecule has 1 rings (SSSR count). The lowest BCUT2D eigenvalue weighted by atomic mass is 10.1. The Morgan fingerprint density at radius 3 is 2.54 bits per heavy atom. The molecular weight excluding hydrogens is 190 g/mol. The average Bonchev–Trinajstić information content (AvgIpc) is 2.29. The van der Waals surface area contributed by atoms with Crippen LogP contribution >= 0.6 is 0 Å². The Labute approximate surface area is 79.3 Å². The van der Waals surface area contributed by atoms with Crippen molar-refractivity contribution >= 4 is 9.84 Å². The number of aliphatic hydroxyl groups is 1. The molecule has 1 aliphatic heterocycles. The summed E-state index contributed by atoms with van der Waals surface area (Å²) in [7, 11) is -2.82. The maximum Gasteiger partial charge on any atom is 0.151 e. The first-order chi connectivity index (χ1) is 5.85. The van der Waals surface area contributed by atoms with Crippen LogP contribution in [0.2, 0.25) is 0 Å². The van der Waals surface area contributed by atoms with Gasteiger partial charge in [0.1, 0.15) is 0 Å². The lowest BCUT2D eigenvalue weighted by molar-refractivity contribution is 0.178. The van der Waals surface area contributed by atoms with E-state index in [1.165, 1.54) is 0 Å². The van der Waals surface area contributed by atoms with Crippen molar-refractivity contribution in [2.75, 3.05) is 18.1 Å². The van der Waals surface area contributed by atoms with Gasteiger partial charge in [0, 0.05) is 11.6 Å². The summed E-state index contributed by atoms with van der Waals surface area (Å²) in [6, 6.07) is 0.00662. The van der Waals surface area contributed by atoms with Crippen molar-refractivity contribution < 1.29 is 13.5 Å². The minimum Gasteiger partial charge on any atom is -0.394 e. The number of nitrogens with one attached hydrogen (secondary N) is 1. The molecule has 1 aliphatic rings. The van der Waals surface area contributed by atoms with Crippen LogP contribution in [-0.2, 0) is 9.84 Å². The second-order valence-corrected chi connectivity index (χ2v) is 6.52. The molecule has 0 aromatic rings. The average molecular weight is 207 g/mol. The molecule has 0 aromatic carbocycles. The predicted molar refractivity (Wildman–Crippen MR) is 51.4 cm³/mol. The van der Waals surface area contributed by atoms with E-state index in [4.69, 9.17) is 5.11 Å². The van der Waals surface area contributed by atoms with Crippen LogP contribution in [0.25, 0.3) is 0 Å². The first kappa shape index (κ1) is 10.9. The highest BCUT2D eigenvalue weighted by Crippen LogP contribution is 2.14. The molecule has 13 heavy (non-hydrogen) atoms. The molecule has 0 unspecified atom stereocenters. The number of sulfone groups is 1. The third kappa shape index (κ3) is 3.25. The Kier molecular flexibility index (Phi) is 2.99. The van der Waals surface area contributed by atoms with Gasteiger partial charge in [-0.2, -0.15) is 0 Å². The summed E-state index contributed by atoms with van der Waals surface area (Å²) in [5.41, 5.74) is -0.384. The lowest BCUT2D eigenvalue weighted by Crippen LogP contribution is -2.48. The maximum absolute atomic E-state index is 11.1. The summed E-state index contributed by atoms with van der Waals surface area (Å²) in [4.78, 5) is 0. The molecule has 1 fully saturated rings. The minimum absolute atomic E-state index is 0.00662. The molecule has 1 saturated heterocycles. The Morgan fingerprint density at radius 1 is 1.54 bits per heavy atom. The monoisotopic (exact) mass is 207 g/mol. The molecule has 0 aromatic heterocycles. The molecule has 4 nitrogen and oxygen atoms in total. The molecule has 0 spiro atoms. The van der Waals surface area contributed by atoms with E-state index in [9.17, 15) is 8.42 Å². The van der Waals surface area contributed by atoms with E-state index < -0.39 is 9.84 Å². The number of aliphatic hydroxyl groups excluding tert-OH is 1. The van der Waals surface area contributed by atoms with Gasteiger partial charge < -0.3 is 10.4 Å². The standard InChI is InChI=1S/C8H17NO3S/c1-8(2,6-10)9-7-3-4-13(11,12)5-7/h7,9-10H,3-6H2,1-2H3/t7-/m0/s1. The van der Waals surface area contributed by atoms with Crippen LogP contribution in [0, 0.1) is 0 Å². The van der Waals surface area contributed by atoms with Gasteiger partial charge in [0.05, 0.1) is 18.1 Å². The molecule has 78 valence electrons. The number of hydrogen-bond donors (Lipinski definition) is 2. The number of hydrogen-bond acceptors (Lipinski definition) is 4. The Bertz CT molecular complexity index is 271. The minimum atomic E-state index is -2.82. The molecule has 1 heterocycles. The molecule has 0 amide bonds. The van der Waals surface area contributed by atoms with Gasteiger partial charge in [0.15, 0.2) is 9.84 Å². The topological polar surface area (TPSA) is 66.4 Å². The van der Waals surface area contributed by atoms with Crippen LogP contribution in [0.3, 0.4) is 0 Å². The maximum atomic E-state index is 11.1. The molecule has 1 atom stereocenters. The fourth-order valence-corrected chi connectivity index (χ4v) is 3.18. The van der Waals surface area contributed by atoms with E-state index in [-0.39, 0.29) is 29.7 Å². The van der Waals surface area contributed by atoms with Gasteiger partial charge in [-0.15, -0.1) is 0 Å². The van der Waals surface area contributed by atoms with Gasteiger partial charge in [-0.25, -0.2) is 8.42 Å². The highest BCUT2D eigenvalue weighted by molar-refractivity contribution is 7.91. The highest BCUT2D eigenvalue weighted by atomic mass is 32.2. The largest absolute Gasteiger partial charge is 0.394 e. The third-order valence-corrected chi connectivity index (χ3v) is 3.99. The first-order valence-electron chi connectivity index (χ1n) is 4.44. The van der Waals surface area contributed by atoms with Gasteiger partial charge >= 0.3 is 0 Å². The summed E-state index contributed by atoms with van der Waals surface area (Å²) in [6.45, 7) is 3.74. The van der Waals surface area contributed by atoms with E-state index in [1.807, 2.05) is 13.8 Å². The van der Waals surface area contributed by atoms with Crippen molar-refractivity contribution in [3.05, 3.63) is 0 Å². The van der Waals surface area contributed by atoms with E-state index in [0.717, 1.165) is 0 Å². The van der Waals surface area contributed by atoms with E-state index >= 15 is 0 Å². The highest BCUT2D eigenvalue weighted by Gasteiger charge is 2.31. The smallest absolute Gasteiger partial charge is 0.151 e. The van der Waals surface area contributed by atoms with E-state index in [1.54, 1.807) is 0 Å². The quantitative estimate of drug-likeness (QED) is 0.657. The third-order valence-electron chi connectivity index (χ3n) is 2.22. The second kappa shape index (κ2) is 3.55. The van der Waals surface area contributed by atoms with E-state index in [0.29, 0.717) is 6.42 Å². The van der Waals surface area contributed by atoms with Crippen LogP contribution in [0.15, 0.2) is 0 Å². The zero-order valence-corrected chi connectivity index (χ0v) is 8.89. The number of rotatable bonds is 3. The summed E-state index contributed by atoms with van der Waals surface area (Å²) >= 11 is 0. The fourth-order valence-electron chi connectivity index (χ4n) is 1.51. The van der Waals surface area contributed by atoms with Gasteiger partial charge in [0.2, 0.25) is 0 Å². The van der Waals surface area contributed by atoms with Gasteiger partial charge in [-0.3, -0.25) is 0 Å². The molecule has 0 radical (unpaired) electrons. The SMILES string of the molecule is CC(C)(CO)N[C@H]1CCS(=O)(=O)C1. The van der Waals surface area contributed by atoms with Gasteiger partial charge in [-0.1, -0.05) is 0 Å². The Morgan fingerprint density at radius 2 is 2.15 bits per heavy atom. The van der Waals surface area contributed by atoms with Crippen molar-refractivity contribution in [1.29, 1.82) is 0 Å². The van der Waals surface area contributed by atoms with Crippen molar-refractivity contribution in [1.82, 2.24) is 5.32 Å². The van der Waals surface area contributed by atoms with E-state index in [2.05, 4.69) is 5.32 Å². The fraction of sp³-hybridized carbons (Fsp3) is 1.00. The molecule has 0 aliphatic carbocycles. The molecular formula is C8H17NO3S. The zero-order chi connectivity index (χ0) is 10.1. The van der Waals surface area contributed by atoms with Crippen molar-refractivity contribution in [2.24, 2.45) is 0 Å². The molecule has 0 bridgehead atoms. The summed E-state index contributed by atoms with van der Waals surface area (Å²) in [6.07, 6.45) is 0.658. The van der Waals surface area contributed by atoms with Crippen molar-refractivity contribution in [2.45, 2.75) is 31.8 Å². The van der Waals surface area contributed by atoms with Crippen LogP contribution in [0.5, 0.6) is 0 Å². The molecule has 2 N–H and O–H groups in total. The van der Waals surface area contributed by atoms with Crippen LogP contribution in [-0.4, -0.2) is 43.2 Å². The lowest BCUT2D eigenvalue weighted by Gasteiger charge is -2.27. The Balaban J connectivity index is 2.50. The van der Waals surface area contributed by atoms with Crippen molar-refractivity contribution in [3.8, 4) is 0 Å². The second-order valence-electron chi connectivity index (χ2n) is 4.29. The summed E-state index contributed by atoms with van der Waals surface area (Å²) < 4.78 is 22.2. The van der Waals surface area contributed by atoms with Crippen LogP contribution in [0.1, 0.15) is 20.3 Å². The summed E-state index contributed by atoms with van der Waals surface area (Å²) in [5, 5.41) is 12.1. The summed E-state index contributed by atoms with van der Waals surface area (Å²) in [5.74, 6) is 0.475. The zero-order valence-electron chi connectivity index (χ0n) is 8.08. The van der Waals surface area contributed by atoms with Gasteiger partial charge in [0.25, 0.3) is 0 Å². The molecule has 5 heteroatoms. The van der Waals surface area contributed by atoms with Gasteiger partial charge in [-0.05, 0) is 20.3 Å². The first-order valence-corrected chi connectivity index (χ1v) is 6.26. The normalized spacial score (nSPS) is 27.8. The molecule has 0 saturated carbocycles. The van der Waals surface area contributed by atoms with Crippen molar-refractivity contribution in [3.63, 3.8) is 0 Å². The Hall–Kier alpha value is -0.130. The van der Waals surface area contributed by atoms with Crippen LogP contribution < -0.4 is 5.32 Å². The predicted octanol–water partition coefficient (Wildman–Crippen LogP) is -0.466. The van der Waals surface area contributed by atoms with Crippen LogP contribution in [0.4, 0.5) is 0 Å².